The maximum atomic E-state index is 6.26. The Morgan fingerprint density at radius 1 is 1.24 bits per heavy atom. The Morgan fingerprint density at radius 3 is 2.52 bits per heavy atom. The molecule has 0 saturated carbocycles. The molecule has 1 aromatic carbocycles. The van der Waals surface area contributed by atoms with E-state index in [1.165, 1.54) is 17.5 Å². The number of aryl methyl sites for hydroxylation is 1. The highest BCUT2D eigenvalue weighted by molar-refractivity contribution is 8.01. The van der Waals surface area contributed by atoms with Gasteiger partial charge in [-0.05, 0) is 17.5 Å². The summed E-state index contributed by atoms with van der Waals surface area (Å²) in [5.74, 6) is 0.815. The van der Waals surface area contributed by atoms with Crippen molar-refractivity contribution < 1.29 is 0 Å². The summed E-state index contributed by atoms with van der Waals surface area (Å²) in [7, 11) is 3.94. The van der Waals surface area contributed by atoms with Crippen LogP contribution in [0.5, 0.6) is 0 Å². The smallest absolute Gasteiger partial charge is 0.208 e. The summed E-state index contributed by atoms with van der Waals surface area (Å²) in [4.78, 5) is 1.97. The van der Waals surface area contributed by atoms with Gasteiger partial charge >= 0.3 is 0 Å². The van der Waals surface area contributed by atoms with E-state index in [-0.39, 0.29) is 6.04 Å². The molecule has 21 heavy (non-hydrogen) atoms. The standard InChI is InChI=1S/C15H22N4S2/c1-4-5-11-6-8-12(9-7-11)13(16)10-20-15-18-17-14(21-15)19(2)3/h6-9,13H,4-5,10,16H2,1-3H3. The highest BCUT2D eigenvalue weighted by Crippen LogP contribution is 2.29. The van der Waals surface area contributed by atoms with Gasteiger partial charge in [-0.15, -0.1) is 10.2 Å². The lowest BCUT2D eigenvalue weighted by Crippen LogP contribution is -2.12. The first-order valence-corrected chi connectivity index (χ1v) is 8.88. The van der Waals surface area contributed by atoms with Crippen molar-refractivity contribution in [2.45, 2.75) is 30.1 Å². The first-order valence-electron chi connectivity index (χ1n) is 7.08. The quantitative estimate of drug-likeness (QED) is 0.792. The molecule has 6 heteroatoms. The van der Waals surface area contributed by atoms with Crippen molar-refractivity contribution in [3.05, 3.63) is 35.4 Å². The van der Waals surface area contributed by atoms with Crippen LogP contribution in [0, 0.1) is 0 Å². The number of benzene rings is 1. The van der Waals surface area contributed by atoms with E-state index < -0.39 is 0 Å². The predicted molar refractivity (Wildman–Crippen MR) is 92.3 cm³/mol. The van der Waals surface area contributed by atoms with E-state index >= 15 is 0 Å². The molecule has 1 unspecified atom stereocenters. The minimum Gasteiger partial charge on any atom is -0.353 e. The molecule has 114 valence electrons. The number of nitrogens with zero attached hydrogens (tertiary/aromatic N) is 3. The van der Waals surface area contributed by atoms with E-state index in [0.717, 1.165) is 21.6 Å². The second-order valence-electron chi connectivity index (χ2n) is 5.15. The molecule has 2 N–H and O–H groups in total. The Balaban J connectivity index is 1.89. The molecule has 0 aliphatic carbocycles. The topological polar surface area (TPSA) is 55.0 Å². The summed E-state index contributed by atoms with van der Waals surface area (Å²) in [6, 6.07) is 8.66. The Morgan fingerprint density at radius 2 is 1.95 bits per heavy atom. The van der Waals surface area contributed by atoms with Crippen LogP contribution in [0.15, 0.2) is 28.6 Å². The SMILES string of the molecule is CCCc1ccc(C(N)CSc2nnc(N(C)C)s2)cc1. The van der Waals surface area contributed by atoms with Crippen LogP contribution in [0.4, 0.5) is 5.13 Å². The van der Waals surface area contributed by atoms with Crippen LogP contribution in [0.25, 0.3) is 0 Å². The summed E-state index contributed by atoms with van der Waals surface area (Å²) in [6.07, 6.45) is 2.30. The van der Waals surface area contributed by atoms with E-state index in [4.69, 9.17) is 5.73 Å². The van der Waals surface area contributed by atoms with Crippen molar-refractivity contribution >= 4 is 28.2 Å². The van der Waals surface area contributed by atoms with Gasteiger partial charge in [-0.2, -0.15) is 0 Å². The predicted octanol–water partition coefficient (Wildman–Crippen LogP) is 3.35. The molecule has 2 aromatic rings. The fraction of sp³-hybridized carbons (Fsp3) is 0.467. The van der Waals surface area contributed by atoms with Crippen molar-refractivity contribution in [3.63, 3.8) is 0 Å². The Labute approximate surface area is 134 Å². The van der Waals surface area contributed by atoms with E-state index in [2.05, 4.69) is 41.4 Å². The zero-order valence-corrected chi connectivity index (χ0v) is 14.4. The fourth-order valence-electron chi connectivity index (χ4n) is 1.92. The van der Waals surface area contributed by atoms with Gasteiger partial charge in [0.15, 0.2) is 4.34 Å². The molecule has 0 saturated heterocycles. The first kappa shape index (κ1) is 16.3. The van der Waals surface area contributed by atoms with Gasteiger partial charge in [0.1, 0.15) is 0 Å². The molecule has 0 radical (unpaired) electrons. The van der Waals surface area contributed by atoms with E-state index in [1.54, 1.807) is 23.1 Å². The Bertz CT molecular complexity index is 551. The van der Waals surface area contributed by atoms with Crippen molar-refractivity contribution in [2.24, 2.45) is 5.73 Å². The lowest BCUT2D eigenvalue weighted by molar-refractivity contribution is 0.827. The van der Waals surface area contributed by atoms with Crippen LogP contribution < -0.4 is 10.6 Å². The molecule has 0 aliphatic heterocycles. The molecule has 1 atom stereocenters. The minimum absolute atomic E-state index is 0.0254. The summed E-state index contributed by atoms with van der Waals surface area (Å²) >= 11 is 3.27. The highest BCUT2D eigenvalue weighted by Gasteiger charge is 2.10. The number of aromatic nitrogens is 2. The van der Waals surface area contributed by atoms with Crippen molar-refractivity contribution in [1.29, 1.82) is 0 Å². The summed E-state index contributed by atoms with van der Waals surface area (Å²) in [6.45, 7) is 2.19. The van der Waals surface area contributed by atoms with Crippen LogP contribution in [0.2, 0.25) is 0 Å². The molecule has 1 heterocycles. The second-order valence-corrected chi connectivity index (χ2v) is 7.38. The number of anilines is 1. The van der Waals surface area contributed by atoms with E-state index in [1.807, 2.05) is 19.0 Å². The summed E-state index contributed by atoms with van der Waals surface area (Å²) < 4.78 is 0.969. The summed E-state index contributed by atoms with van der Waals surface area (Å²) in [5.41, 5.74) is 8.81. The van der Waals surface area contributed by atoms with Crippen LogP contribution in [-0.4, -0.2) is 30.0 Å². The van der Waals surface area contributed by atoms with Crippen molar-refractivity contribution in [3.8, 4) is 0 Å². The number of thioether (sulfide) groups is 1. The molecule has 0 bridgehead atoms. The maximum absolute atomic E-state index is 6.26. The summed E-state index contributed by atoms with van der Waals surface area (Å²) in [5, 5.41) is 9.23. The third kappa shape index (κ3) is 4.69. The van der Waals surface area contributed by atoms with Crippen LogP contribution >= 0.6 is 23.1 Å². The number of nitrogens with two attached hydrogens (primary N) is 1. The van der Waals surface area contributed by atoms with Crippen LogP contribution in [0.3, 0.4) is 0 Å². The maximum Gasteiger partial charge on any atom is 0.208 e. The number of hydrogen-bond donors (Lipinski definition) is 1. The average molecular weight is 323 g/mol. The molecule has 0 aliphatic rings. The van der Waals surface area contributed by atoms with Gasteiger partial charge in [-0.25, -0.2) is 0 Å². The molecular formula is C15H22N4S2. The lowest BCUT2D eigenvalue weighted by atomic mass is 10.0. The van der Waals surface area contributed by atoms with Gasteiger partial charge in [0.2, 0.25) is 5.13 Å². The fourth-order valence-corrected chi connectivity index (χ4v) is 3.70. The first-order chi connectivity index (χ1) is 10.1. The third-order valence-corrected chi connectivity index (χ3v) is 5.45. The average Bonchev–Trinajstić information content (AvgIpc) is 2.95. The van der Waals surface area contributed by atoms with Gasteiger partial charge in [-0.1, -0.05) is 60.7 Å². The van der Waals surface area contributed by atoms with E-state index in [0.29, 0.717) is 0 Å². The van der Waals surface area contributed by atoms with Crippen molar-refractivity contribution in [1.82, 2.24) is 10.2 Å². The van der Waals surface area contributed by atoms with Gasteiger partial charge in [-0.3, -0.25) is 0 Å². The normalized spacial score (nSPS) is 12.4. The van der Waals surface area contributed by atoms with Gasteiger partial charge in [0.25, 0.3) is 0 Å². The molecule has 0 fully saturated rings. The third-order valence-electron chi connectivity index (χ3n) is 3.11. The number of rotatable bonds is 7. The largest absolute Gasteiger partial charge is 0.353 e. The molecule has 2 rings (SSSR count). The zero-order chi connectivity index (χ0) is 15.2. The molecule has 1 aromatic heterocycles. The van der Waals surface area contributed by atoms with E-state index in [9.17, 15) is 0 Å². The highest BCUT2D eigenvalue weighted by atomic mass is 32.2. The monoisotopic (exact) mass is 322 g/mol. The minimum atomic E-state index is 0.0254. The van der Waals surface area contributed by atoms with Gasteiger partial charge in [0.05, 0.1) is 0 Å². The van der Waals surface area contributed by atoms with Crippen LogP contribution in [0.1, 0.15) is 30.5 Å². The van der Waals surface area contributed by atoms with Gasteiger partial charge < -0.3 is 10.6 Å². The number of hydrogen-bond acceptors (Lipinski definition) is 6. The molecule has 0 amide bonds. The van der Waals surface area contributed by atoms with Crippen molar-refractivity contribution in [2.75, 3.05) is 24.7 Å². The Hall–Kier alpha value is -1.11. The van der Waals surface area contributed by atoms with Gasteiger partial charge in [0, 0.05) is 25.9 Å². The zero-order valence-electron chi connectivity index (χ0n) is 12.7. The Kier molecular flexibility index (Phi) is 6.02. The molecule has 0 spiro atoms. The molecule has 4 nitrogen and oxygen atoms in total. The second kappa shape index (κ2) is 7.77. The van der Waals surface area contributed by atoms with Crippen LogP contribution in [-0.2, 0) is 6.42 Å². The lowest BCUT2D eigenvalue weighted by Gasteiger charge is -2.11. The molecular weight excluding hydrogens is 300 g/mol.